The van der Waals surface area contributed by atoms with Crippen LogP contribution in [-0.2, 0) is 16.1 Å². The molecule has 1 N–H and O–H groups in total. The third kappa shape index (κ3) is 5.65. The van der Waals surface area contributed by atoms with Crippen LogP contribution in [0.3, 0.4) is 0 Å². The lowest BCUT2D eigenvalue weighted by Crippen LogP contribution is -2.37. The Morgan fingerprint density at radius 3 is 2.58 bits per heavy atom. The number of carbonyl (C=O) groups excluding carboxylic acids is 2. The van der Waals surface area contributed by atoms with Crippen molar-refractivity contribution in [2.45, 2.75) is 24.7 Å². The fourth-order valence-electron chi connectivity index (χ4n) is 4.01. The molecule has 0 saturated carbocycles. The highest BCUT2D eigenvalue weighted by atomic mass is 32.2. The summed E-state index contributed by atoms with van der Waals surface area (Å²) in [5.74, 6) is 0.605. The number of nitrogens with zero attached hydrogens (tertiary/aromatic N) is 2. The molecule has 1 aromatic heterocycles. The lowest BCUT2D eigenvalue weighted by molar-refractivity contribution is -0.113. The minimum absolute atomic E-state index is 0.0231. The largest absolute Gasteiger partial charge is 0.486 e. The van der Waals surface area contributed by atoms with Crippen LogP contribution in [0, 0.1) is 0 Å². The summed E-state index contributed by atoms with van der Waals surface area (Å²) in [5, 5.41) is 3.69. The van der Waals surface area contributed by atoms with E-state index in [-0.39, 0.29) is 37.0 Å². The van der Waals surface area contributed by atoms with Crippen molar-refractivity contribution in [3.05, 3.63) is 88.7 Å². The number of fused-ring (bicyclic) bond motifs is 2. The highest BCUT2D eigenvalue weighted by Gasteiger charge is 2.24. The molecular formula is C28H25N3O6S. The van der Waals surface area contributed by atoms with Gasteiger partial charge in [-0.25, -0.2) is 9.78 Å². The summed E-state index contributed by atoms with van der Waals surface area (Å²) < 4.78 is 18.4. The summed E-state index contributed by atoms with van der Waals surface area (Å²) in [6.07, 6.45) is -0.406. The Bertz CT molecular complexity index is 1540. The van der Waals surface area contributed by atoms with Crippen LogP contribution < -0.4 is 20.3 Å². The van der Waals surface area contributed by atoms with Crippen LogP contribution in [0.4, 0.5) is 5.69 Å². The summed E-state index contributed by atoms with van der Waals surface area (Å²) in [5.41, 5.74) is 1.28. The Balaban J connectivity index is 1.32. The van der Waals surface area contributed by atoms with Crippen LogP contribution in [0.1, 0.15) is 17.3 Å². The summed E-state index contributed by atoms with van der Waals surface area (Å²) in [7, 11) is 0. The summed E-state index contributed by atoms with van der Waals surface area (Å²) in [4.78, 5) is 42.6. The third-order valence-electron chi connectivity index (χ3n) is 5.79. The zero-order valence-electron chi connectivity index (χ0n) is 20.6. The van der Waals surface area contributed by atoms with E-state index in [1.807, 2.05) is 30.3 Å². The van der Waals surface area contributed by atoms with Crippen LogP contribution in [0.15, 0.2) is 82.7 Å². The van der Waals surface area contributed by atoms with Crippen LogP contribution in [0.25, 0.3) is 10.9 Å². The van der Waals surface area contributed by atoms with Gasteiger partial charge in [0.1, 0.15) is 6.61 Å². The molecule has 0 saturated heterocycles. The number of ether oxygens (including phenoxy) is 3. The number of rotatable bonds is 8. The van der Waals surface area contributed by atoms with Gasteiger partial charge in [-0.05, 0) is 55.5 Å². The van der Waals surface area contributed by atoms with Gasteiger partial charge in [-0.1, -0.05) is 36.0 Å². The van der Waals surface area contributed by atoms with Gasteiger partial charge >= 0.3 is 5.97 Å². The number of amides is 1. The second-order valence-electron chi connectivity index (χ2n) is 8.46. The van der Waals surface area contributed by atoms with E-state index in [0.717, 1.165) is 11.8 Å². The van der Waals surface area contributed by atoms with Gasteiger partial charge in [0.25, 0.3) is 5.56 Å². The molecule has 0 unspecified atom stereocenters. The molecule has 10 heteroatoms. The summed E-state index contributed by atoms with van der Waals surface area (Å²) in [6, 6.07) is 20.9. The molecule has 1 aliphatic rings. The van der Waals surface area contributed by atoms with Gasteiger partial charge in [0, 0.05) is 5.69 Å². The number of carbonyl (C=O) groups is 2. The normalized spacial score (nSPS) is 14.2. The molecule has 194 valence electrons. The van der Waals surface area contributed by atoms with Crippen LogP contribution in [0.2, 0.25) is 0 Å². The minimum Gasteiger partial charge on any atom is -0.486 e. The number of anilines is 1. The van der Waals surface area contributed by atoms with Gasteiger partial charge in [-0.15, -0.1) is 0 Å². The maximum absolute atomic E-state index is 13.4. The molecule has 4 aromatic rings. The van der Waals surface area contributed by atoms with Crippen LogP contribution in [-0.4, -0.2) is 46.5 Å². The van der Waals surface area contributed by atoms with E-state index in [2.05, 4.69) is 10.3 Å². The molecule has 9 nitrogen and oxygen atoms in total. The first-order valence-corrected chi connectivity index (χ1v) is 13.1. The van der Waals surface area contributed by atoms with Crippen molar-refractivity contribution < 1.29 is 23.8 Å². The molecule has 2 heterocycles. The molecule has 0 spiro atoms. The van der Waals surface area contributed by atoms with E-state index in [1.54, 1.807) is 49.4 Å². The maximum Gasteiger partial charge on any atom is 0.338 e. The molecule has 0 fully saturated rings. The Morgan fingerprint density at radius 2 is 1.79 bits per heavy atom. The molecule has 0 bridgehead atoms. The molecule has 1 aliphatic heterocycles. The first-order valence-electron chi connectivity index (χ1n) is 12.1. The number of esters is 1. The van der Waals surface area contributed by atoms with Gasteiger partial charge in [0.2, 0.25) is 5.91 Å². The van der Waals surface area contributed by atoms with Gasteiger partial charge < -0.3 is 19.5 Å². The summed E-state index contributed by atoms with van der Waals surface area (Å²) in [6.45, 7) is 2.52. The number of aromatic nitrogens is 2. The quantitative estimate of drug-likeness (QED) is 0.205. The molecule has 1 amide bonds. The molecule has 38 heavy (non-hydrogen) atoms. The fraction of sp³-hybridized carbons (Fsp3) is 0.214. The predicted octanol–water partition coefficient (Wildman–Crippen LogP) is 4.14. The number of para-hydroxylation sites is 3. The van der Waals surface area contributed by atoms with Crippen LogP contribution in [0.5, 0.6) is 11.5 Å². The van der Waals surface area contributed by atoms with E-state index < -0.39 is 12.1 Å². The van der Waals surface area contributed by atoms with Crippen molar-refractivity contribution in [3.8, 4) is 11.5 Å². The topological polar surface area (TPSA) is 109 Å². The number of hydrogen-bond donors (Lipinski definition) is 1. The van der Waals surface area contributed by atoms with E-state index >= 15 is 0 Å². The molecule has 3 aromatic carbocycles. The van der Waals surface area contributed by atoms with Crippen molar-refractivity contribution in [2.24, 2.45) is 0 Å². The zero-order valence-corrected chi connectivity index (χ0v) is 21.4. The third-order valence-corrected chi connectivity index (χ3v) is 6.77. The Hall–Kier alpha value is -4.31. The maximum atomic E-state index is 13.4. The van der Waals surface area contributed by atoms with Crippen LogP contribution >= 0.6 is 11.8 Å². The number of benzene rings is 3. The summed E-state index contributed by atoms with van der Waals surface area (Å²) >= 11 is 1.16. The lowest BCUT2D eigenvalue weighted by Gasteiger charge is -2.27. The van der Waals surface area contributed by atoms with Gasteiger partial charge in [0.15, 0.2) is 22.8 Å². The van der Waals surface area contributed by atoms with Gasteiger partial charge in [-0.3, -0.25) is 14.2 Å². The Labute approximate surface area is 222 Å². The van der Waals surface area contributed by atoms with Crippen molar-refractivity contribution in [1.29, 1.82) is 0 Å². The monoisotopic (exact) mass is 531 g/mol. The standard InChI is InChI=1S/C28H25N3O6S/c1-2-35-27(34)18-11-13-19(14-12-18)29-25(32)17-38-28-30-22-8-4-3-7-21(22)26(33)31(28)15-20-16-36-23-9-5-6-10-24(23)37-20/h3-14,20H,2,15-17H2,1H3,(H,29,32)/t20-/m1/s1. The lowest BCUT2D eigenvalue weighted by atomic mass is 10.2. The number of hydrogen-bond acceptors (Lipinski definition) is 8. The van der Waals surface area contributed by atoms with Gasteiger partial charge in [0.05, 0.1) is 35.4 Å². The SMILES string of the molecule is CCOC(=O)c1ccc(NC(=O)CSc2nc3ccccc3c(=O)n2C[C@@H]2COc3ccccc3O2)cc1. The number of thioether (sulfide) groups is 1. The molecule has 0 radical (unpaired) electrons. The fourth-order valence-corrected chi connectivity index (χ4v) is 4.82. The van der Waals surface area contributed by atoms with E-state index in [9.17, 15) is 14.4 Å². The van der Waals surface area contributed by atoms with Gasteiger partial charge in [-0.2, -0.15) is 0 Å². The second kappa shape index (κ2) is 11.4. The Morgan fingerprint density at radius 1 is 1.05 bits per heavy atom. The average Bonchev–Trinajstić information content (AvgIpc) is 2.94. The Kier molecular flexibility index (Phi) is 7.60. The smallest absolute Gasteiger partial charge is 0.338 e. The average molecular weight is 532 g/mol. The van der Waals surface area contributed by atoms with Crippen molar-refractivity contribution in [3.63, 3.8) is 0 Å². The predicted molar refractivity (Wildman–Crippen MR) is 144 cm³/mol. The highest BCUT2D eigenvalue weighted by Crippen LogP contribution is 2.31. The zero-order chi connectivity index (χ0) is 26.5. The first-order chi connectivity index (χ1) is 18.5. The minimum atomic E-state index is -0.419. The number of nitrogens with one attached hydrogen (secondary N) is 1. The second-order valence-corrected chi connectivity index (χ2v) is 9.40. The molecular weight excluding hydrogens is 506 g/mol. The van der Waals surface area contributed by atoms with Crippen molar-refractivity contribution in [1.82, 2.24) is 9.55 Å². The molecule has 0 aliphatic carbocycles. The van der Waals surface area contributed by atoms with Crippen molar-refractivity contribution >= 4 is 40.2 Å². The van der Waals surface area contributed by atoms with E-state index in [4.69, 9.17) is 14.2 Å². The molecule has 1 atom stereocenters. The molecule has 5 rings (SSSR count). The first kappa shape index (κ1) is 25.3. The van der Waals surface area contributed by atoms with Crippen molar-refractivity contribution in [2.75, 3.05) is 24.3 Å². The van der Waals surface area contributed by atoms with E-state index in [0.29, 0.717) is 38.8 Å². The van der Waals surface area contributed by atoms with E-state index in [1.165, 1.54) is 4.57 Å². The highest BCUT2D eigenvalue weighted by molar-refractivity contribution is 7.99.